The maximum Gasteiger partial charge on any atom is 0.430 e. The minimum Gasteiger partial charge on any atom is -0.467 e. The van der Waals surface area contributed by atoms with Gasteiger partial charge >= 0.3 is 18.2 Å². The van der Waals surface area contributed by atoms with Gasteiger partial charge in [-0.25, -0.2) is 24.8 Å². The first-order valence-electron chi connectivity index (χ1n) is 7.77. The number of amides is 2. The first-order valence-corrected chi connectivity index (χ1v) is 7.77. The van der Waals surface area contributed by atoms with Gasteiger partial charge in [0.15, 0.2) is 6.04 Å². The number of hydrazine groups is 1. The summed E-state index contributed by atoms with van der Waals surface area (Å²) in [6, 6.07) is -1.06. The summed E-state index contributed by atoms with van der Waals surface area (Å²) in [7, 11) is 1.21. The minimum absolute atomic E-state index is 0.333. The lowest BCUT2D eigenvalue weighted by Crippen LogP contribution is -2.58. The molecule has 2 amide bonds. The van der Waals surface area contributed by atoms with Crippen LogP contribution in [0.5, 0.6) is 0 Å². The van der Waals surface area contributed by atoms with Crippen LogP contribution < -0.4 is 5.43 Å². The first-order chi connectivity index (χ1) is 10.7. The molecule has 0 saturated heterocycles. The summed E-state index contributed by atoms with van der Waals surface area (Å²) in [6.07, 6.45) is -1.75. The van der Waals surface area contributed by atoms with Gasteiger partial charge in [-0.05, 0) is 47.5 Å². The SMILES string of the molecule is COC(=O)[C@H](C(C)C)N(NC(=O)OC(C)(C)C)C(=O)OC(C)(C)C. The van der Waals surface area contributed by atoms with Gasteiger partial charge in [0.25, 0.3) is 0 Å². The predicted octanol–water partition coefficient (Wildman–Crippen LogP) is 2.86. The van der Waals surface area contributed by atoms with Gasteiger partial charge in [0.05, 0.1) is 7.11 Å². The molecule has 1 N–H and O–H groups in total. The topological polar surface area (TPSA) is 94.2 Å². The van der Waals surface area contributed by atoms with Gasteiger partial charge in [-0.15, -0.1) is 0 Å². The number of ether oxygens (including phenoxy) is 3. The zero-order valence-electron chi connectivity index (χ0n) is 16.1. The second kappa shape index (κ2) is 8.21. The molecule has 0 aliphatic rings. The maximum atomic E-state index is 12.5. The number of hydrogen-bond acceptors (Lipinski definition) is 6. The molecule has 0 aromatic heterocycles. The Labute approximate surface area is 143 Å². The molecule has 0 unspecified atom stereocenters. The maximum absolute atomic E-state index is 12.5. The van der Waals surface area contributed by atoms with Gasteiger partial charge in [-0.3, -0.25) is 0 Å². The van der Waals surface area contributed by atoms with Crippen molar-refractivity contribution in [1.29, 1.82) is 0 Å². The summed E-state index contributed by atoms with van der Waals surface area (Å²) < 4.78 is 15.1. The van der Waals surface area contributed by atoms with Crippen LogP contribution >= 0.6 is 0 Å². The molecular weight excluding hydrogens is 316 g/mol. The number of nitrogens with zero attached hydrogens (tertiary/aromatic N) is 1. The van der Waals surface area contributed by atoms with Gasteiger partial charge < -0.3 is 14.2 Å². The van der Waals surface area contributed by atoms with Crippen LogP contribution in [0.1, 0.15) is 55.4 Å². The molecule has 8 heteroatoms. The summed E-state index contributed by atoms with van der Waals surface area (Å²) in [4.78, 5) is 36.6. The second-order valence-electron chi connectivity index (χ2n) is 7.68. The number of nitrogens with one attached hydrogen (secondary N) is 1. The average molecular weight is 346 g/mol. The highest BCUT2D eigenvalue weighted by molar-refractivity contribution is 5.83. The van der Waals surface area contributed by atoms with E-state index in [0.717, 1.165) is 5.01 Å². The van der Waals surface area contributed by atoms with E-state index >= 15 is 0 Å². The molecule has 140 valence electrons. The van der Waals surface area contributed by atoms with Crippen molar-refractivity contribution in [2.75, 3.05) is 7.11 Å². The molecule has 0 heterocycles. The van der Waals surface area contributed by atoms with Gasteiger partial charge in [-0.2, -0.15) is 0 Å². The Morgan fingerprint density at radius 3 is 1.71 bits per heavy atom. The Morgan fingerprint density at radius 1 is 0.917 bits per heavy atom. The molecule has 0 fully saturated rings. The van der Waals surface area contributed by atoms with Crippen molar-refractivity contribution in [3.05, 3.63) is 0 Å². The third-order valence-electron chi connectivity index (χ3n) is 2.55. The lowest BCUT2D eigenvalue weighted by molar-refractivity contribution is -0.149. The van der Waals surface area contributed by atoms with Gasteiger partial charge in [0, 0.05) is 0 Å². The van der Waals surface area contributed by atoms with Crippen LogP contribution in [0.3, 0.4) is 0 Å². The van der Waals surface area contributed by atoms with E-state index in [2.05, 4.69) is 5.43 Å². The first kappa shape index (κ1) is 22.0. The van der Waals surface area contributed by atoms with Crippen LogP contribution in [-0.2, 0) is 19.0 Å². The van der Waals surface area contributed by atoms with E-state index in [-0.39, 0.29) is 5.92 Å². The van der Waals surface area contributed by atoms with Crippen LogP contribution in [0.2, 0.25) is 0 Å². The molecule has 0 radical (unpaired) electrons. The Bertz CT molecular complexity index is 462. The smallest absolute Gasteiger partial charge is 0.430 e. The van der Waals surface area contributed by atoms with Crippen molar-refractivity contribution >= 4 is 18.2 Å². The van der Waals surface area contributed by atoms with Gasteiger partial charge in [-0.1, -0.05) is 13.8 Å². The molecule has 0 aliphatic heterocycles. The van der Waals surface area contributed by atoms with Gasteiger partial charge in [0.2, 0.25) is 0 Å². The lowest BCUT2D eigenvalue weighted by Gasteiger charge is -2.34. The number of carbonyl (C=O) groups is 3. The summed E-state index contributed by atoms with van der Waals surface area (Å²) in [6.45, 7) is 13.5. The molecule has 0 rings (SSSR count). The van der Waals surface area contributed by atoms with Crippen molar-refractivity contribution in [3.63, 3.8) is 0 Å². The summed E-state index contributed by atoms with van der Waals surface area (Å²) in [5.41, 5.74) is 0.725. The number of methoxy groups -OCH3 is 1. The lowest BCUT2D eigenvalue weighted by atomic mass is 10.0. The van der Waals surface area contributed by atoms with Crippen LogP contribution in [0.4, 0.5) is 9.59 Å². The minimum atomic E-state index is -1.06. The number of carbonyl (C=O) groups excluding carboxylic acids is 3. The number of hydrogen-bond donors (Lipinski definition) is 1. The van der Waals surface area contributed by atoms with Crippen molar-refractivity contribution in [3.8, 4) is 0 Å². The highest BCUT2D eigenvalue weighted by Crippen LogP contribution is 2.17. The van der Waals surface area contributed by atoms with Crippen LogP contribution in [0, 0.1) is 5.92 Å². The van der Waals surface area contributed by atoms with E-state index < -0.39 is 35.4 Å². The fourth-order valence-corrected chi connectivity index (χ4v) is 1.74. The fourth-order valence-electron chi connectivity index (χ4n) is 1.74. The quantitative estimate of drug-likeness (QED) is 0.480. The molecular formula is C16H30N2O6. The molecule has 0 saturated carbocycles. The normalized spacial score (nSPS) is 13.1. The van der Waals surface area contributed by atoms with Crippen molar-refractivity contribution in [2.45, 2.75) is 72.6 Å². The summed E-state index contributed by atoms with van der Waals surface area (Å²) in [5, 5.41) is 0.815. The fraction of sp³-hybridized carbons (Fsp3) is 0.812. The molecule has 0 aromatic carbocycles. The van der Waals surface area contributed by atoms with Crippen LogP contribution in [0.25, 0.3) is 0 Å². The number of rotatable bonds is 3. The van der Waals surface area contributed by atoms with Crippen molar-refractivity contribution < 1.29 is 28.6 Å². The summed E-state index contributed by atoms with van der Waals surface area (Å²) >= 11 is 0. The molecule has 0 spiro atoms. The Kier molecular flexibility index (Phi) is 7.53. The molecule has 24 heavy (non-hydrogen) atoms. The Balaban J connectivity index is 5.53. The molecule has 0 aromatic rings. The summed E-state index contributed by atoms with van der Waals surface area (Å²) in [5.74, 6) is -1.01. The van der Waals surface area contributed by atoms with E-state index in [9.17, 15) is 14.4 Å². The monoisotopic (exact) mass is 346 g/mol. The standard InChI is InChI=1S/C16H30N2O6/c1-10(2)11(12(19)22-9)18(14(21)24-16(6,7)8)17-13(20)23-15(3,4)5/h10-11H,1-9H3,(H,17,20)/t11-/m0/s1. The van der Waals surface area contributed by atoms with Crippen LogP contribution in [0.15, 0.2) is 0 Å². The van der Waals surface area contributed by atoms with E-state index in [4.69, 9.17) is 14.2 Å². The van der Waals surface area contributed by atoms with Crippen molar-refractivity contribution in [1.82, 2.24) is 10.4 Å². The Hall–Kier alpha value is -1.99. The zero-order valence-corrected chi connectivity index (χ0v) is 16.1. The van der Waals surface area contributed by atoms with Gasteiger partial charge in [0.1, 0.15) is 11.2 Å². The molecule has 1 atom stereocenters. The Morgan fingerprint density at radius 2 is 1.38 bits per heavy atom. The molecule has 8 nitrogen and oxygen atoms in total. The van der Waals surface area contributed by atoms with Crippen LogP contribution in [-0.4, -0.2) is 47.5 Å². The van der Waals surface area contributed by atoms with Crippen molar-refractivity contribution in [2.24, 2.45) is 5.92 Å². The molecule has 0 bridgehead atoms. The highest BCUT2D eigenvalue weighted by atomic mass is 16.6. The molecule has 0 aliphatic carbocycles. The third kappa shape index (κ3) is 8.03. The van der Waals surface area contributed by atoms with E-state index in [1.54, 1.807) is 55.4 Å². The van der Waals surface area contributed by atoms with E-state index in [0.29, 0.717) is 0 Å². The average Bonchev–Trinajstić information content (AvgIpc) is 2.32. The largest absolute Gasteiger partial charge is 0.467 e. The van der Waals surface area contributed by atoms with E-state index in [1.165, 1.54) is 7.11 Å². The zero-order chi connectivity index (χ0) is 19.3. The second-order valence-corrected chi connectivity index (χ2v) is 7.68. The highest BCUT2D eigenvalue weighted by Gasteiger charge is 2.38. The predicted molar refractivity (Wildman–Crippen MR) is 88.1 cm³/mol. The third-order valence-corrected chi connectivity index (χ3v) is 2.55. The number of esters is 1. The van der Waals surface area contributed by atoms with E-state index in [1.807, 2.05) is 0 Å².